The maximum absolute atomic E-state index is 8.85. The number of aliphatic hydroxyl groups is 1. The molecule has 1 N–H and O–H groups in total. The highest BCUT2D eigenvalue weighted by Gasteiger charge is 2.10. The van der Waals surface area contributed by atoms with Gasteiger partial charge in [-0.3, -0.25) is 4.68 Å². The zero-order valence-corrected chi connectivity index (χ0v) is 8.74. The van der Waals surface area contributed by atoms with Crippen molar-refractivity contribution >= 4 is 15.9 Å². The van der Waals surface area contributed by atoms with Crippen molar-refractivity contribution in [1.29, 1.82) is 0 Å². The molecule has 0 spiro atoms. The van der Waals surface area contributed by atoms with Gasteiger partial charge in [-0.15, -0.1) is 5.10 Å². The number of aliphatic hydroxyl groups excluding tert-OH is 1. The lowest BCUT2D eigenvalue weighted by molar-refractivity contribution is 0.235. The van der Waals surface area contributed by atoms with Crippen LogP contribution in [0.4, 0.5) is 0 Å². The molecule has 0 radical (unpaired) electrons. The van der Waals surface area contributed by atoms with Gasteiger partial charge >= 0.3 is 0 Å². The third-order valence-electron chi connectivity index (χ3n) is 1.75. The molecule has 4 nitrogen and oxygen atoms in total. The average Bonchev–Trinajstić information content (AvgIpc) is 2.35. The molecule has 1 aromatic rings. The number of halogens is 1. The van der Waals surface area contributed by atoms with Crippen molar-refractivity contribution in [2.45, 2.75) is 13.3 Å². The van der Waals surface area contributed by atoms with Crippen molar-refractivity contribution in [3.63, 3.8) is 0 Å². The van der Waals surface area contributed by atoms with Crippen LogP contribution in [-0.4, -0.2) is 26.7 Å². The molecule has 0 saturated carbocycles. The van der Waals surface area contributed by atoms with Crippen LogP contribution in [0.15, 0.2) is 4.60 Å². The monoisotopic (exact) mass is 233 g/mol. The fourth-order valence-electron chi connectivity index (χ4n) is 0.963. The van der Waals surface area contributed by atoms with Crippen LogP contribution in [0.2, 0.25) is 0 Å². The van der Waals surface area contributed by atoms with E-state index in [9.17, 15) is 0 Å². The number of rotatable bonds is 3. The average molecular weight is 234 g/mol. The summed E-state index contributed by atoms with van der Waals surface area (Å²) in [7, 11) is 1.84. The second kappa shape index (κ2) is 4.00. The third-order valence-corrected chi connectivity index (χ3v) is 2.37. The molecule has 0 saturated heterocycles. The van der Waals surface area contributed by atoms with E-state index in [1.807, 2.05) is 14.0 Å². The number of aromatic nitrogens is 3. The lowest BCUT2D eigenvalue weighted by Gasteiger charge is -2.06. The van der Waals surface area contributed by atoms with Crippen LogP contribution in [0, 0.1) is 5.92 Å². The quantitative estimate of drug-likeness (QED) is 0.839. The first-order chi connectivity index (χ1) is 5.65. The van der Waals surface area contributed by atoms with E-state index < -0.39 is 0 Å². The molecule has 1 aromatic heterocycles. The van der Waals surface area contributed by atoms with Crippen LogP contribution in [-0.2, 0) is 13.5 Å². The summed E-state index contributed by atoms with van der Waals surface area (Å²) in [5.41, 5.74) is 1.02. The summed E-state index contributed by atoms with van der Waals surface area (Å²) >= 11 is 3.30. The Morgan fingerprint density at radius 3 is 2.75 bits per heavy atom. The molecular formula is C7H12BrN3O. The molecule has 5 heteroatoms. The van der Waals surface area contributed by atoms with E-state index in [1.165, 1.54) is 0 Å². The Hall–Kier alpha value is -0.420. The fourth-order valence-corrected chi connectivity index (χ4v) is 1.45. The number of hydrogen-bond acceptors (Lipinski definition) is 3. The molecule has 0 bridgehead atoms. The largest absolute Gasteiger partial charge is 0.396 e. The van der Waals surface area contributed by atoms with Crippen LogP contribution < -0.4 is 0 Å². The Balaban J connectivity index is 2.73. The first-order valence-corrected chi connectivity index (χ1v) is 4.59. The molecule has 1 rings (SSSR count). The molecule has 1 heterocycles. The topological polar surface area (TPSA) is 50.9 Å². The lowest BCUT2D eigenvalue weighted by atomic mass is 10.1. The second-order valence-corrected chi connectivity index (χ2v) is 3.69. The van der Waals surface area contributed by atoms with Gasteiger partial charge in [0.15, 0.2) is 4.60 Å². The molecule has 68 valence electrons. The Morgan fingerprint density at radius 2 is 2.33 bits per heavy atom. The summed E-state index contributed by atoms with van der Waals surface area (Å²) in [5.74, 6) is 0.249. The Bertz CT molecular complexity index is 242. The Morgan fingerprint density at radius 1 is 1.67 bits per heavy atom. The summed E-state index contributed by atoms with van der Waals surface area (Å²) in [5, 5.41) is 16.5. The van der Waals surface area contributed by atoms with Gasteiger partial charge in [-0.05, 0) is 28.3 Å². The number of aryl methyl sites for hydroxylation is 1. The maximum atomic E-state index is 8.85. The van der Waals surface area contributed by atoms with Crippen molar-refractivity contribution in [1.82, 2.24) is 15.0 Å². The zero-order chi connectivity index (χ0) is 9.14. The molecule has 12 heavy (non-hydrogen) atoms. The maximum Gasteiger partial charge on any atom is 0.151 e. The molecule has 1 atom stereocenters. The normalized spacial score (nSPS) is 13.3. The molecule has 0 aliphatic carbocycles. The summed E-state index contributed by atoms with van der Waals surface area (Å²) in [6, 6.07) is 0. The van der Waals surface area contributed by atoms with Crippen molar-refractivity contribution in [2.24, 2.45) is 13.0 Å². The van der Waals surface area contributed by atoms with Crippen molar-refractivity contribution in [3.05, 3.63) is 10.3 Å². The van der Waals surface area contributed by atoms with Gasteiger partial charge in [-0.2, -0.15) is 0 Å². The minimum absolute atomic E-state index is 0.192. The molecule has 0 fully saturated rings. The van der Waals surface area contributed by atoms with Gasteiger partial charge in [0.1, 0.15) is 0 Å². The second-order valence-electron chi connectivity index (χ2n) is 2.94. The first-order valence-electron chi connectivity index (χ1n) is 3.80. The Kier molecular flexibility index (Phi) is 3.22. The highest BCUT2D eigenvalue weighted by Crippen LogP contribution is 2.15. The van der Waals surface area contributed by atoms with Gasteiger partial charge in [0, 0.05) is 13.7 Å². The number of nitrogens with zero attached hydrogens (tertiary/aromatic N) is 3. The van der Waals surface area contributed by atoms with E-state index in [4.69, 9.17) is 5.11 Å². The van der Waals surface area contributed by atoms with Gasteiger partial charge < -0.3 is 5.11 Å². The predicted molar refractivity (Wildman–Crippen MR) is 48.7 cm³/mol. The molecule has 0 aliphatic heterocycles. The molecular weight excluding hydrogens is 222 g/mol. The van der Waals surface area contributed by atoms with Gasteiger partial charge in [-0.25, -0.2) is 0 Å². The smallest absolute Gasteiger partial charge is 0.151 e. The zero-order valence-electron chi connectivity index (χ0n) is 7.16. The summed E-state index contributed by atoms with van der Waals surface area (Å²) < 4.78 is 2.49. The molecule has 0 aliphatic rings. The highest BCUT2D eigenvalue weighted by molar-refractivity contribution is 9.10. The van der Waals surface area contributed by atoms with Gasteiger partial charge in [-0.1, -0.05) is 12.1 Å². The van der Waals surface area contributed by atoms with E-state index in [-0.39, 0.29) is 12.5 Å². The summed E-state index contributed by atoms with van der Waals surface area (Å²) in [6.45, 7) is 2.18. The minimum Gasteiger partial charge on any atom is -0.396 e. The lowest BCUT2D eigenvalue weighted by Crippen LogP contribution is -2.08. The van der Waals surface area contributed by atoms with Gasteiger partial charge in [0.25, 0.3) is 0 Å². The van der Waals surface area contributed by atoms with Crippen molar-refractivity contribution < 1.29 is 5.11 Å². The predicted octanol–water partition coefficient (Wildman–Crippen LogP) is 0.748. The van der Waals surface area contributed by atoms with Crippen molar-refractivity contribution in [3.8, 4) is 0 Å². The summed E-state index contributed by atoms with van der Waals surface area (Å²) in [4.78, 5) is 0. The van der Waals surface area contributed by atoms with Crippen LogP contribution in [0.1, 0.15) is 12.6 Å². The van der Waals surface area contributed by atoms with Gasteiger partial charge in [0.2, 0.25) is 0 Å². The molecule has 1 unspecified atom stereocenters. The molecule has 0 aromatic carbocycles. The van der Waals surface area contributed by atoms with E-state index in [0.29, 0.717) is 0 Å². The van der Waals surface area contributed by atoms with Gasteiger partial charge in [0.05, 0.1) is 5.69 Å². The van der Waals surface area contributed by atoms with E-state index >= 15 is 0 Å². The van der Waals surface area contributed by atoms with Crippen LogP contribution in [0.3, 0.4) is 0 Å². The third kappa shape index (κ3) is 2.04. The molecule has 0 amide bonds. The highest BCUT2D eigenvalue weighted by atomic mass is 79.9. The standard InChI is InChI=1S/C7H12BrN3O/c1-5(4-12)3-6-7(8)9-10-11(6)2/h5,12H,3-4H2,1-2H3. The minimum atomic E-state index is 0.192. The first kappa shape index (κ1) is 9.67. The van der Waals surface area contributed by atoms with Crippen LogP contribution in [0.25, 0.3) is 0 Å². The number of hydrogen-bond donors (Lipinski definition) is 1. The Labute approximate surface area is 79.7 Å². The van der Waals surface area contributed by atoms with Crippen molar-refractivity contribution in [2.75, 3.05) is 6.61 Å². The van der Waals surface area contributed by atoms with E-state index in [2.05, 4.69) is 26.2 Å². The summed E-state index contributed by atoms with van der Waals surface area (Å²) in [6.07, 6.45) is 0.792. The van der Waals surface area contributed by atoms with Crippen LogP contribution in [0.5, 0.6) is 0 Å². The van der Waals surface area contributed by atoms with Crippen LogP contribution >= 0.6 is 15.9 Å². The van der Waals surface area contributed by atoms with E-state index in [1.54, 1.807) is 4.68 Å². The SMILES string of the molecule is CC(CO)Cc1c(Br)nnn1C. The van der Waals surface area contributed by atoms with E-state index in [0.717, 1.165) is 16.7 Å². The fraction of sp³-hybridized carbons (Fsp3) is 0.714.